The monoisotopic (exact) mass is 284 g/mol. The number of hydrogen-bond acceptors (Lipinski definition) is 2. The highest BCUT2D eigenvalue weighted by Crippen LogP contribution is 1.82. The van der Waals surface area contributed by atoms with Crippen molar-refractivity contribution in [1.82, 2.24) is 20.0 Å². The summed E-state index contributed by atoms with van der Waals surface area (Å²) in [7, 11) is 1.89. The molecule has 0 aliphatic rings. The lowest BCUT2D eigenvalue weighted by atomic mass is 10.5. The normalized spacial score (nSPS) is 6.50. The van der Waals surface area contributed by atoms with Crippen molar-refractivity contribution in [2.24, 2.45) is 7.05 Å². The average molecular weight is 284 g/mol. The number of rotatable bonds is 0. The molecule has 2 heterocycles. The van der Waals surface area contributed by atoms with Crippen LogP contribution in [0.4, 0.5) is 0 Å². The zero-order valence-electron chi connectivity index (χ0n) is 15.2. The summed E-state index contributed by atoms with van der Waals surface area (Å²) in [5, 5.41) is 10.3. The van der Waals surface area contributed by atoms with Crippen LogP contribution in [0, 0.1) is 6.92 Å². The van der Waals surface area contributed by atoms with Crippen molar-refractivity contribution in [1.29, 1.82) is 0 Å². The minimum atomic E-state index is 1.11. The topological polar surface area (TPSA) is 46.5 Å². The third-order valence-electron chi connectivity index (χ3n) is 1.28. The maximum Gasteiger partial charge on any atom is 0.0489 e. The largest absolute Gasteiger partial charge is 0.283 e. The van der Waals surface area contributed by atoms with E-state index in [0.29, 0.717) is 0 Å². The van der Waals surface area contributed by atoms with Gasteiger partial charge in [-0.2, -0.15) is 10.2 Å². The average Bonchev–Trinajstić information content (AvgIpc) is 3.22. The van der Waals surface area contributed by atoms with E-state index in [1.807, 2.05) is 87.7 Å². The molecule has 0 radical (unpaired) electrons. The number of nitrogens with one attached hydrogen (secondary N) is 1. The van der Waals surface area contributed by atoms with Gasteiger partial charge in [0.15, 0.2) is 0 Å². The van der Waals surface area contributed by atoms with Crippen molar-refractivity contribution in [3.63, 3.8) is 0 Å². The Morgan fingerprint density at radius 2 is 1.40 bits per heavy atom. The summed E-state index contributed by atoms with van der Waals surface area (Å²) in [5.41, 5.74) is 1.11. The van der Waals surface area contributed by atoms with Crippen LogP contribution >= 0.6 is 0 Å². The third kappa shape index (κ3) is 25.3. The predicted molar refractivity (Wildman–Crippen MR) is 91.9 cm³/mol. The second-order valence-electron chi connectivity index (χ2n) is 2.42. The molecule has 4 nitrogen and oxygen atoms in total. The van der Waals surface area contributed by atoms with Gasteiger partial charge in [-0.05, 0) is 19.1 Å². The van der Waals surface area contributed by atoms with Gasteiger partial charge in [-0.25, -0.2) is 0 Å². The molecule has 2 aromatic rings. The Morgan fingerprint density at radius 1 is 0.900 bits per heavy atom. The van der Waals surface area contributed by atoms with Gasteiger partial charge in [-0.3, -0.25) is 9.78 Å². The van der Waals surface area contributed by atoms with E-state index in [4.69, 9.17) is 0 Å². The molecule has 0 aromatic carbocycles. The Morgan fingerprint density at radius 3 is 1.50 bits per heavy atom. The highest BCUT2D eigenvalue weighted by atomic mass is 15.2. The molecule has 0 aliphatic carbocycles. The molecule has 0 aliphatic heterocycles. The molecule has 0 spiro atoms. The van der Waals surface area contributed by atoms with Crippen molar-refractivity contribution >= 4 is 0 Å². The van der Waals surface area contributed by atoms with Gasteiger partial charge in [0.25, 0.3) is 0 Å². The summed E-state index contributed by atoms with van der Waals surface area (Å²) in [6.45, 7) is 18.0. The van der Waals surface area contributed by atoms with Crippen molar-refractivity contribution in [3.05, 3.63) is 36.4 Å². The second kappa shape index (κ2) is 30.4. The highest BCUT2D eigenvalue weighted by Gasteiger charge is 1.73. The molecule has 0 unspecified atom stereocenters. The lowest BCUT2D eigenvalue weighted by molar-refractivity contribution is 0.768. The maximum atomic E-state index is 3.83. The molecule has 0 bridgehead atoms. The zero-order chi connectivity index (χ0) is 16.8. The Labute approximate surface area is 126 Å². The van der Waals surface area contributed by atoms with Crippen LogP contribution in [-0.4, -0.2) is 20.0 Å². The summed E-state index contributed by atoms with van der Waals surface area (Å²) in [4.78, 5) is 0. The van der Waals surface area contributed by atoms with Gasteiger partial charge in [0.05, 0.1) is 0 Å². The quantitative estimate of drug-likeness (QED) is 0.718. The van der Waals surface area contributed by atoms with E-state index in [0.717, 1.165) is 5.69 Å². The van der Waals surface area contributed by atoms with Gasteiger partial charge in [0.2, 0.25) is 0 Å². The van der Waals surface area contributed by atoms with Crippen LogP contribution in [0.15, 0.2) is 30.7 Å². The minimum absolute atomic E-state index is 1.11. The first-order valence-corrected chi connectivity index (χ1v) is 7.68. The van der Waals surface area contributed by atoms with E-state index < -0.39 is 0 Å². The fraction of sp³-hybridized carbons (Fsp3) is 0.625. The van der Waals surface area contributed by atoms with Gasteiger partial charge >= 0.3 is 0 Å². The highest BCUT2D eigenvalue weighted by molar-refractivity contribution is 4.91. The summed E-state index contributed by atoms with van der Waals surface area (Å²) >= 11 is 0. The molecular weight excluding hydrogens is 248 g/mol. The molecule has 1 N–H and O–H groups in total. The lowest BCUT2D eigenvalue weighted by Gasteiger charge is -1.77. The van der Waals surface area contributed by atoms with Gasteiger partial charge in [0, 0.05) is 31.3 Å². The Bertz CT molecular complexity index is 254. The first-order valence-electron chi connectivity index (χ1n) is 7.68. The van der Waals surface area contributed by atoms with Gasteiger partial charge < -0.3 is 0 Å². The lowest BCUT2D eigenvalue weighted by Crippen LogP contribution is -1.83. The number of H-pyrrole nitrogens is 1. The Hall–Kier alpha value is -1.58. The third-order valence-corrected chi connectivity index (χ3v) is 1.28. The van der Waals surface area contributed by atoms with Crippen LogP contribution < -0.4 is 0 Å². The van der Waals surface area contributed by atoms with E-state index in [1.165, 1.54) is 0 Å². The summed E-state index contributed by atoms with van der Waals surface area (Å²) in [5.74, 6) is 0. The van der Waals surface area contributed by atoms with E-state index >= 15 is 0 Å². The van der Waals surface area contributed by atoms with Gasteiger partial charge in [-0.1, -0.05) is 55.4 Å². The molecular formula is C16H36N4. The number of nitrogens with zero attached hydrogens (tertiary/aromatic N) is 3. The summed E-state index contributed by atoms with van der Waals surface area (Å²) < 4.78 is 1.75. The fourth-order valence-electron chi connectivity index (χ4n) is 0.671. The Kier molecular flexibility index (Phi) is 40.9. The predicted octanol–water partition coefficient (Wildman–Crippen LogP) is 5.24. The molecule has 120 valence electrons. The molecule has 0 atom stereocenters. The number of aryl methyl sites for hydroxylation is 2. The van der Waals surface area contributed by atoms with Gasteiger partial charge in [-0.15, -0.1) is 0 Å². The molecule has 20 heavy (non-hydrogen) atoms. The van der Waals surface area contributed by atoms with Crippen LogP contribution in [0.25, 0.3) is 0 Å². The zero-order valence-corrected chi connectivity index (χ0v) is 15.2. The molecule has 2 aromatic heterocycles. The molecule has 0 amide bonds. The molecule has 0 saturated carbocycles. The molecule has 0 fully saturated rings. The Balaban J connectivity index is -0.0000000863. The molecule has 4 heteroatoms. The first kappa shape index (κ1) is 26.9. The molecule has 0 saturated heterocycles. The maximum absolute atomic E-state index is 3.83. The number of aromatic nitrogens is 4. The van der Waals surface area contributed by atoms with Crippen LogP contribution in [0.2, 0.25) is 0 Å². The minimum Gasteiger partial charge on any atom is -0.283 e. The SMILES string of the molecule is CC.CC.CC.CC.Cc1ccn[nH]1.Cn1cccn1. The number of hydrogen-bond donors (Lipinski definition) is 1. The van der Waals surface area contributed by atoms with Crippen molar-refractivity contribution in [2.75, 3.05) is 0 Å². The van der Waals surface area contributed by atoms with Crippen LogP contribution in [-0.2, 0) is 7.05 Å². The van der Waals surface area contributed by atoms with E-state index in [1.54, 1.807) is 17.1 Å². The first-order chi connectivity index (χ1) is 9.79. The molecule has 2 rings (SSSR count). The standard InChI is InChI=1S/2C4H6N2.4C2H6/c1-6-4-2-3-5-6;1-4-2-3-5-6-4;4*1-2/h2-4H,1H3;2-3H,1H3,(H,5,6);4*1-2H3. The summed E-state index contributed by atoms with van der Waals surface area (Å²) in [6.07, 6.45) is 5.37. The number of aromatic amines is 1. The fourth-order valence-corrected chi connectivity index (χ4v) is 0.671. The van der Waals surface area contributed by atoms with Crippen LogP contribution in [0.3, 0.4) is 0 Å². The van der Waals surface area contributed by atoms with E-state index in [-0.39, 0.29) is 0 Å². The van der Waals surface area contributed by atoms with Crippen molar-refractivity contribution in [2.45, 2.75) is 62.3 Å². The smallest absolute Gasteiger partial charge is 0.0489 e. The van der Waals surface area contributed by atoms with Crippen LogP contribution in [0.1, 0.15) is 61.1 Å². The van der Waals surface area contributed by atoms with E-state index in [9.17, 15) is 0 Å². The van der Waals surface area contributed by atoms with Crippen LogP contribution in [0.5, 0.6) is 0 Å². The summed E-state index contributed by atoms with van der Waals surface area (Å²) in [6, 6.07) is 3.81. The van der Waals surface area contributed by atoms with Crippen molar-refractivity contribution < 1.29 is 0 Å². The van der Waals surface area contributed by atoms with Gasteiger partial charge in [0.1, 0.15) is 0 Å². The second-order valence-corrected chi connectivity index (χ2v) is 2.42. The van der Waals surface area contributed by atoms with Crippen molar-refractivity contribution in [3.8, 4) is 0 Å². The van der Waals surface area contributed by atoms with E-state index in [2.05, 4.69) is 15.3 Å².